The number of hydrogen-bond acceptors (Lipinski definition) is 3. The highest BCUT2D eigenvalue weighted by Gasteiger charge is 1.97. The second kappa shape index (κ2) is 6.07. The summed E-state index contributed by atoms with van der Waals surface area (Å²) in [7, 11) is 0. The SMILES string of the molecule is CCNCc1ccc(Oc2ccc(N)cc2)cc1. The van der Waals surface area contributed by atoms with Crippen LogP contribution in [0.3, 0.4) is 0 Å². The topological polar surface area (TPSA) is 47.3 Å². The second-order valence-electron chi connectivity index (χ2n) is 4.10. The lowest BCUT2D eigenvalue weighted by atomic mass is 10.2. The molecule has 0 saturated carbocycles. The summed E-state index contributed by atoms with van der Waals surface area (Å²) in [6.45, 7) is 3.96. The van der Waals surface area contributed by atoms with E-state index in [0.29, 0.717) is 0 Å². The van der Waals surface area contributed by atoms with Gasteiger partial charge in [0.05, 0.1) is 0 Å². The van der Waals surface area contributed by atoms with Crippen LogP contribution in [0.1, 0.15) is 12.5 Å². The highest BCUT2D eigenvalue weighted by atomic mass is 16.5. The van der Waals surface area contributed by atoms with Gasteiger partial charge >= 0.3 is 0 Å². The van der Waals surface area contributed by atoms with E-state index in [1.54, 1.807) is 0 Å². The quantitative estimate of drug-likeness (QED) is 0.792. The van der Waals surface area contributed by atoms with Crippen molar-refractivity contribution >= 4 is 5.69 Å². The fraction of sp³-hybridized carbons (Fsp3) is 0.200. The van der Waals surface area contributed by atoms with Crippen molar-refractivity contribution in [1.29, 1.82) is 0 Å². The van der Waals surface area contributed by atoms with Crippen LogP contribution in [0, 0.1) is 0 Å². The lowest BCUT2D eigenvalue weighted by Gasteiger charge is -2.07. The molecule has 0 unspecified atom stereocenters. The maximum Gasteiger partial charge on any atom is 0.127 e. The molecule has 0 aromatic heterocycles. The van der Waals surface area contributed by atoms with Gasteiger partial charge in [-0.25, -0.2) is 0 Å². The molecule has 2 aromatic rings. The molecule has 0 aliphatic heterocycles. The first kappa shape index (κ1) is 12.5. The van der Waals surface area contributed by atoms with Crippen LogP contribution < -0.4 is 15.8 Å². The van der Waals surface area contributed by atoms with Gasteiger partial charge in [-0.15, -0.1) is 0 Å². The summed E-state index contributed by atoms with van der Waals surface area (Å²) >= 11 is 0. The van der Waals surface area contributed by atoms with Gasteiger partial charge in [-0.1, -0.05) is 19.1 Å². The van der Waals surface area contributed by atoms with Gasteiger partial charge in [-0.3, -0.25) is 0 Å². The number of benzene rings is 2. The summed E-state index contributed by atoms with van der Waals surface area (Å²) in [4.78, 5) is 0. The highest BCUT2D eigenvalue weighted by molar-refractivity contribution is 5.43. The summed E-state index contributed by atoms with van der Waals surface area (Å²) in [5, 5.41) is 3.29. The van der Waals surface area contributed by atoms with Crippen LogP contribution >= 0.6 is 0 Å². The maximum absolute atomic E-state index is 5.72. The zero-order valence-corrected chi connectivity index (χ0v) is 10.5. The van der Waals surface area contributed by atoms with Gasteiger partial charge < -0.3 is 15.8 Å². The molecule has 0 fully saturated rings. The maximum atomic E-state index is 5.72. The van der Waals surface area contributed by atoms with Crippen molar-refractivity contribution in [3.63, 3.8) is 0 Å². The minimum Gasteiger partial charge on any atom is -0.457 e. The molecule has 3 nitrogen and oxygen atoms in total. The molecule has 0 saturated heterocycles. The standard InChI is InChI=1S/C15H18N2O/c1-2-17-11-12-3-7-14(8-4-12)18-15-9-5-13(16)6-10-15/h3-10,17H,2,11,16H2,1H3. The van der Waals surface area contributed by atoms with Crippen molar-refractivity contribution in [2.75, 3.05) is 12.3 Å². The van der Waals surface area contributed by atoms with Gasteiger partial charge in [0.1, 0.15) is 11.5 Å². The number of rotatable bonds is 5. The summed E-state index contributed by atoms with van der Waals surface area (Å²) < 4.78 is 5.72. The van der Waals surface area contributed by atoms with E-state index in [0.717, 1.165) is 30.3 Å². The molecule has 0 spiro atoms. The van der Waals surface area contributed by atoms with Crippen LogP contribution in [0.2, 0.25) is 0 Å². The molecule has 0 amide bonds. The highest BCUT2D eigenvalue weighted by Crippen LogP contribution is 2.22. The molecular weight excluding hydrogens is 224 g/mol. The number of hydrogen-bond donors (Lipinski definition) is 2. The van der Waals surface area contributed by atoms with E-state index in [2.05, 4.69) is 24.4 Å². The fourth-order valence-corrected chi connectivity index (χ4v) is 1.62. The lowest BCUT2D eigenvalue weighted by Crippen LogP contribution is -2.11. The third-order valence-corrected chi connectivity index (χ3v) is 2.62. The Balaban J connectivity index is 1.99. The molecule has 94 valence electrons. The van der Waals surface area contributed by atoms with Crippen molar-refractivity contribution in [3.8, 4) is 11.5 Å². The van der Waals surface area contributed by atoms with Gasteiger partial charge in [0.2, 0.25) is 0 Å². The third-order valence-electron chi connectivity index (χ3n) is 2.62. The molecule has 3 heteroatoms. The lowest BCUT2D eigenvalue weighted by molar-refractivity contribution is 0.482. The average Bonchev–Trinajstić information content (AvgIpc) is 2.41. The normalized spacial score (nSPS) is 10.3. The average molecular weight is 242 g/mol. The fourth-order valence-electron chi connectivity index (χ4n) is 1.62. The molecule has 0 aliphatic rings. The molecule has 0 bridgehead atoms. The van der Waals surface area contributed by atoms with Crippen LogP contribution in [0.25, 0.3) is 0 Å². The largest absolute Gasteiger partial charge is 0.457 e. The Morgan fingerprint density at radius 3 is 2.06 bits per heavy atom. The molecule has 2 aromatic carbocycles. The van der Waals surface area contributed by atoms with Gasteiger partial charge in [-0.2, -0.15) is 0 Å². The van der Waals surface area contributed by atoms with E-state index in [4.69, 9.17) is 10.5 Å². The summed E-state index contributed by atoms with van der Waals surface area (Å²) in [6, 6.07) is 15.5. The number of anilines is 1. The van der Waals surface area contributed by atoms with Gasteiger partial charge in [0.25, 0.3) is 0 Å². The van der Waals surface area contributed by atoms with Crippen LogP contribution in [0.15, 0.2) is 48.5 Å². The molecule has 0 aliphatic carbocycles. The Bertz CT molecular complexity index is 477. The first-order chi connectivity index (χ1) is 8.78. The Morgan fingerprint density at radius 1 is 0.944 bits per heavy atom. The Morgan fingerprint density at radius 2 is 1.50 bits per heavy atom. The van der Waals surface area contributed by atoms with E-state index in [9.17, 15) is 0 Å². The zero-order chi connectivity index (χ0) is 12.8. The second-order valence-corrected chi connectivity index (χ2v) is 4.10. The van der Waals surface area contributed by atoms with E-state index in [1.165, 1.54) is 5.56 Å². The number of nitrogen functional groups attached to an aromatic ring is 1. The molecule has 2 rings (SSSR count). The monoisotopic (exact) mass is 242 g/mol. The van der Waals surface area contributed by atoms with Gasteiger partial charge in [0, 0.05) is 12.2 Å². The Kier molecular flexibility index (Phi) is 4.20. The zero-order valence-electron chi connectivity index (χ0n) is 10.5. The van der Waals surface area contributed by atoms with Gasteiger partial charge in [0.15, 0.2) is 0 Å². The Hall–Kier alpha value is -2.00. The first-order valence-electron chi connectivity index (χ1n) is 6.11. The molecule has 0 radical (unpaired) electrons. The molecular formula is C15H18N2O. The predicted molar refractivity (Wildman–Crippen MR) is 74.8 cm³/mol. The van der Waals surface area contributed by atoms with Crippen LogP contribution in [0.5, 0.6) is 11.5 Å². The van der Waals surface area contributed by atoms with Crippen molar-refractivity contribution in [1.82, 2.24) is 5.32 Å². The van der Waals surface area contributed by atoms with E-state index >= 15 is 0 Å². The van der Waals surface area contributed by atoms with E-state index in [1.807, 2.05) is 36.4 Å². The Labute approximate surface area is 108 Å². The summed E-state index contributed by atoms with van der Waals surface area (Å²) in [6.07, 6.45) is 0. The van der Waals surface area contributed by atoms with E-state index < -0.39 is 0 Å². The van der Waals surface area contributed by atoms with Crippen LogP contribution in [-0.4, -0.2) is 6.54 Å². The smallest absolute Gasteiger partial charge is 0.127 e. The minimum absolute atomic E-state index is 0.739. The number of nitrogens with one attached hydrogen (secondary N) is 1. The van der Waals surface area contributed by atoms with Crippen molar-refractivity contribution in [2.45, 2.75) is 13.5 Å². The summed E-state index contributed by atoms with van der Waals surface area (Å²) in [5.74, 6) is 1.63. The van der Waals surface area contributed by atoms with Crippen LogP contribution in [0.4, 0.5) is 5.69 Å². The van der Waals surface area contributed by atoms with Crippen molar-refractivity contribution in [2.24, 2.45) is 0 Å². The molecule has 0 atom stereocenters. The molecule has 18 heavy (non-hydrogen) atoms. The molecule has 3 N–H and O–H groups in total. The number of nitrogens with two attached hydrogens (primary N) is 1. The third kappa shape index (κ3) is 3.50. The van der Waals surface area contributed by atoms with Crippen molar-refractivity contribution < 1.29 is 4.74 Å². The van der Waals surface area contributed by atoms with Crippen LogP contribution in [-0.2, 0) is 6.54 Å². The van der Waals surface area contributed by atoms with Crippen molar-refractivity contribution in [3.05, 3.63) is 54.1 Å². The number of ether oxygens (including phenoxy) is 1. The minimum atomic E-state index is 0.739. The predicted octanol–water partition coefficient (Wildman–Crippen LogP) is 3.17. The summed E-state index contributed by atoms with van der Waals surface area (Å²) in [5.41, 5.74) is 7.61. The molecule has 0 heterocycles. The van der Waals surface area contributed by atoms with E-state index in [-0.39, 0.29) is 0 Å². The first-order valence-corrected chi connectivity index (χ1v) is 6.11. The van der Waals surface area contributed by atoms with Gasteiger partial charge in [-0.05, 0) is 48.5 Å².